The summed E-state index contributed by atoms with van der Waals surface area (Å²) in [5.74, 6) is -2.22. The van der Waals surface area contributed by atoms with Gasteiger partial charge in [-0.1, -0.05) is 64.0 Å². The molecule has 32 heavy (non-hydrogen) atoms. The number of aliphatic hydroxyl groups excluding tert-OH is 1. The normalized spacial score (nSPS) is 34.7. The molecule has 0 radical (unpaired) electrons. The van der Waals surface area contributed by atoms with Gasteiger partial charge in [-0.2, -0.15) is 0 Å². The summed E-state index contributed by atoms with van der Waals surface area (Å²) in [5.41, 5.74) is -2.72. The van der Waals surface area contributed by atoms with Gasteiger partial charge < -0.3 is 19.7 Å². The monoisotopic (exact) mass is 517 g/mol. The van der Waals surface area contributed by atoms with E-state index in [-0.39, 0.29) is 17.4 Å². The number of benzene rings is 1. The van der Waals surface area contributed by atoms with Crippen molar-refractivity contribution in [3.05, 3.63) is 81.6 Å². The summed E-state index contributed by atoms with van der Waals surface area (Å²) in [6, 6.07) is 8.90. The standard InChI is InChI=1S/C24H21BrClNO5/c1-31-22(29)18-19(13-5-3-2-4-6-13)24(14-7-9-15(25)10-8-14)23(30,21(18)28)20-17(32-24)11-16(26)12-27-20/h2-5,7-13,18-19,21,28,30H,6H2,1H3/t13?,18-,19-,21-,23+,24+/m1/s1. The highest BCUT2D eigenvalue weighted by atomic mass is 79.9. The van der Waals surface area contributed by atoms with Gasteiger partial charge >= 0.3 is 5.97 Å². The Morgan fingerprint density at radius 3 is 2.72 bits per heavy atom. The Morgan fingerprint density at radius 1 is 1.31 bits per heavy atom. The van der Waals surface area contributed by atoms with Gasteiger partial charge in [-0.3, -0.25) is 9.78 Å². The minimum absolute atomic E-state index is 0.157. The second-order valence-electron chi connectivity index (χ2n) is 8.34. The van der Waals surface area contributed by atoms with E-state index >= 15 is 0 Å². The fraction of sp³-hybridized carbons (Fsp3) is 0.333. The second-order valence-corrected chi connectivity index (χ2v) is 9.70. The number of aromatic nitrogens is 1. The SMILES string of the molecule is COC(=O)[C@H]1[C@@H](O)[C@@]2(O)c3ncc(Cl)cc3O[C@@]2(c2ccc(Br)cc2)[C@@H]1C1C=CC=CC1. The molecule has 5 rings (SSSR count). The van der Waals surface area contributed by atoms with Gasteiger partial charge in [0.25, 0.3) is 0 Å². The zero-order valence-corrected chi connectivity index (χ0v) is 19.5. The van der Waals surface area contributed by atoms with Crippen LogP contribution < -0.4 is 4.74 Å². The molecular formula is C24H21BrClNO5. The Hall–Kier alpha value is -2.19. The number of fused-ring (bicyclic) bond motifs is 3. The van der Waals surface area contributed by atoms with Crippen molar-refractivity contribution in [2.24, 2.45) is 17.8 Å². The second kappa shape index (κ2) is 7.70. The van der Waals surface area contributed by atoms with Gasteiger partial charge in [0.15, 0.2) is 11.2 Å². The number of carbonyl (C=O) groups is 1. The first-order valence-electron chi connectivity index (χ1n) is 10.3. The molecule has 0 amide bonds. The summed E-state index contributed by atoms with van der Waals surface area (Å²) in [5, 5.41) is 24.2. The predicted octanol–water partition coefficient (Wildman–Crippen LogP) is 3.89. The van der Waals surface area contributed by atoms with Crippen molar-refractivity contribution in [1.82, 2.24) is 4.98 Å². The molecule has 1 fully saturated rings. The highest BCUT2D eigenvalue weighted by Crippen LogP contribution is 2.67. The van der Waals surface area contributed by atoms with E-state index in [2.05, 4.69) is 20.9 Å². The molecule has 1 aromatic carbocycles. The highest BCUT2D eigenvalue weighted by molar-refractivity contribution is 9.10. The van der Waals surface area contributed by atoms with Crippen LogP contribution in [-0.2, 0) is 20.7 Å². The minimum Gasteiger partial charge on any atom is -0.477 e. The van der Waals surface area contributed by atoms with Crippen LogP contribution in [0, 0.1) is 17.8 Å². The van der Waals surface area contributed by atoms with Crippen molar-refractivity contribution in [3.8, 4) is 5.75 Å². The Kier molecular flexibility index (Phi) is 5.21. The average molecular weight is 519 g/mol. The summed E-state index contributed by atoms with van der Waals surface area (Å²) in [7, 11) is 1.28. The van der Waals surface area contributed by atoms with Crippen molar-refractivity contribution in [1.29, 1.82) is 0 Å². The number of esters is 1. The maximum Gasteiger partial charge on any atom is 0.311 e. The van der Waals surface area contributed by atoms with Gasteiger partial charge in [0, 0.05) is 22.7 Å². The van der Waals surface area contributed by atoms with E-state index in [9.17, 15) is 15.0 Å². The molecule has 6 atom stereocenters. The molecule has 3 aliphatic rings. The zero-order chi connectivity index (χ0) is 22.7. The number of hydrogen-bond acceptors (Lipinski definition) is 6. The number of carbonyl (C=O) groups excluding carboxylic acids is 1. The Bertz CT molecular complexity index is 1140. The molecule has 1 aliphatic heterocycles. The molecule has 0 spiro atoms. The lowest BCUT2D eigenvalue weighted by Gasteiger charge is -2.42. The van der Waals surface area contributed by atoms with Crippen molar-refractivity contribution in [2.45, 2.75) is 23.7 Å². The number of rotatable bonds is 3. The molecule has 2 N–H and O–H groups in total. The molecule has 166 valence electrons. The molecule has 2 heterocycles. The van der Waals surface area contributed by atoms with Gasteiger partial charge in [0.05, 0.1) is 18.1 Å². The van der Waals surface area contributed by atoms with Crippen LogP contribution in [-0.4, -0.2) is 34.4 Å². The first kappa shape index (κ1) is 21.6. The maximum absolute atomic E-state index is 13.0. The lowest BCUT2D eigenvalue weighted by Crippen LogP contribution is -2.53. The molecule has 1 aromatic heterocycles. The third kappa shape index (κ3) is 2.78. The average Bonchev–Trinajstić information content (AvgIpc) is 3.17. The van der Waals surface area contributed by atoms with Gasteiger partial charge in [-0.05, 0) is 30.0 Å². The van der Waals surface area contributed by atoms with Gasteiger partial charge in [-0.25, -0.2) is 0 Å². The van der Waals surface area contributed by atoms with Crippen molar-refractivity contribution >= 4 is 33.5 Å². The van der Waals surface area contributed by atoms with Gasteiger partial charge in [-0.15, -0.1) is 0 Å². The molecular weight excluding hydrogens is 498 g/mol. The zero-order valence-electron chi connectivity index (χ0n) is 17.1. The fourth-order valence-corrected chi connectivity index (χ4v) is 6.03. The molecule has 8 heteroatoms. The summed E-state index contributed by atoms with van der Waals surface area (Å²) in [6.45, 7) is 0. The quantitative estimate of drug-likeness (QED) is 0.600. The van der Waals surface area contributed by atoms with Crippen LogP contribution in [0.5, 0.6) is 5.75 Å². The van der Waals surface area contributed by atoms with Crippen LogP contribution in [0.25, 0.3) is 0 Å². The molecule has 1 unspecified atom stereocenters. The number of pyridine rings is 1. The third-order valence-electron chi connectivity index (χ3n) is 6.86. The number of allylic oxidation sites excluding steroid dienone is 4. The minimum atomic E-state index is -2.00. The van der Waals surface area contributed by atoms with E-state index in [0.717, 1.165) is 4.47 Å². The molecule has 0 saturated heterocycles. The van der Waals surface area contributed by atoms with E-state index in [0.29, 0.717) is 17.0 Å². The predicted molar refractivity (Wildman–Crippen MR) is 121 cm³/mol. The first-order chi connectivity index (χ1) is 15.3. The largest absolute Gasteiger partial charge is 0.477 e. The van der Waals surface area contributed by atoms with Crippen molar-refractivity contribution in [3.63, 3.8) is 0 Å². The van der Waals surface area contributed by atoms with E-state index in [1.165, 1.54) is 13.3 Å². The number of aliphatic hydroxyl groups is 2. The number of hydrogen-bond donors (Lipinski definition) is 2. The van der Waals surface area contributed by atoms with E-state index in [1.807, 2.05) is 48.6 Å². The Balaban J connectivity index is 1.82. The summed E-state index contributed by atoms with van der Waals surface area (Å²) < 4.78 is 12.5. The van der Waals surface area contributed by atoms with Gasteiger partial charge in [0.2, 0.25) is 0 Å². The van der Waals surface area contributed by atoms with Crippen LogP contribution >= 0.6 is 27.5 Å². The lowest BCUT2D eigenvalue weighted by molar-refractivity contribution is -0.164. The molecule has 1 saturated carbocycles. The highest BCUT2D eigenvalue weighted by Gasteiger charge is 2.78. The molecule has 2 aromatic rings. The van der Waals surface area contributed by atoms with Crippen LogP contribution in [0.1, 0.15) is 17.7 Å². The van der Waals surface area contributed by atoms with Crippen LogP contribution in [0.15, 0.2) is 65.3 Å². The topological polar surface area (TPSA) is 88.9 Å². The smallest absolute Gasteiger partial charge is 0.311 e. The maximum atomic E-state index is 13.0. The van der Waals surface area contributed by atoms with Crippen molar-refractivity contribution in [2.75, 3.05) is 7.11 Å². The Labute approximate surface area is 198 Å². The fourth-order valence-electron chi connectivity index (χ4n) is 5.62. The molecule has 6 nitrogen and oxygen atoms in total. The van der Waals surface area contributed by atoms with Crippen LogP contribution in [0.3, 0.4) is 0 Å². The first-order valence-corrected chi connectivity index (χ1v) is 11.4. The van der Waals surface area contributed by atoms with E-state index < -0.39 is 35.1 Å². The van der Waals surface area contributed by atoms with Crippen molar-refractivity contribution < 1.29 is 24.5 Å². The lowest BCUT2D eigenvalue weighted by atomic mass is 9.68. The van der Waals surface area contributed by atoms with Crippen LogP contribution in [0.4, 0.5) is 0 Å². The number of ether oxygens (including phenoxy) is 2. The number of methoxy groups -OCH3 is 1. The molecule has 2 aliphatic carbocycles. The third-order valence-corrected chi connectivity index (χ3v) is 7.60. The molecule has 0 bridgehead atoms. The van der Waals surface area contributed by atoms with E-state index in [4.69, 9.17) is 21.1 Å². The summed E-state index contributed by atoms with van der Waals surface area (Å²) in [6.07, 6.45) is 8.30. The number of nitrogens with zero attached hydrogens (tertiary/aromatic N) is 1. The Morgan fingerprint density at radius 2 is 2.06 bits per heavy atom. The number of halogens is 2. The van der Waals surface area contributed by atoms with E-state index in [1.54, 1.807) is 6.07 Å². The summed E-state index contributed by atoms with van der Waals surface area (Å²) in [4.78, 5) is 17.4. The summed E-state index contributed by atoms with van der Waals surface area (Å²) >= 11 is 9.62. The van der Waals surface area contributed by atoms with Gasteiger partial charge in [0.1, 0.15) is 17.5 Å². The van der Waals surface area contributed by atoms with Crippen LogP contribution in [0.2, 0.25) is 5.02 Å².